The number of nitrogens with one attached hydrogen (secondary N) is 1. The van der Waals surface area contributed by atoms with Gasteiger partial charge >= 0.3 is 0 Å². The van der Waals surface area contributed by atoms with E-state index in [0.717, 1.165) is 28.0 Å². The van der Waals surface area contributed by atoms with Crippen LogP contribution in [-0.2, 0) is 25.5 Å². The number of fused-ring (bicyclic) bond motifs is 6. The van der Waals surface area contributed by atoms with Gasteiger partial charge in [-0.15, -0.1) is 0 Å². The third-order valence-electron chi connectivity index (χ3n) is 8.89. The van der Waals surface area contributed by atoms with E-state index in [1.807, 2.05) is 25.8 Å². The Morgan fingerprint density at radius 3 is 2.56 bits per heavy atom. The fourth-order valence-corrected chi connectivity index (χ4v) is 6.97. The number of hydrogen-bond donors (Lipinski definition) is 2. The standard InChI is InChI=1S/C29H34N4O6/c1-13-7-17-8-19-21(10-30)33-20(25(32(19)5)23(17)29(14(13)2)39-12-38-6)9-18-24(22(33)11-31-16(4)34)28(37)27(36)15(3)26(18)35/h7,19-22,25,35H,8-9,11-12H2,1-6H3,(H,31,34)/t19-,20?,21-,22-,25?/m0/s1. The highest BCUT2D eigenvalue weighted by molar-refractivity contribution is 6.50. The number of amides is 1. The normalized spacial score (nSPS) is 28.5. The first-order valence-corrected chi connectivity index (χ1v) is 13.1. The molecule has 10 nitrogen and oxygen atoms in total. The van der Waals surface area contributed by atoms with Crippen LogP contribution < -0.4 is 10.1 Å². The van der Waals surface area contributed by atoms with Gasteiger partial charge in [-0.2, -0.15) is 5.26 Å². The van der Waals surface area contributed by atoms with Crippen LogP contribution in [0.1, 0.15) is 48.6 Å². The van der Waals surface area contributed by atoms with Crippen LogP contribution in [0.5, 0.6) is 5.75 Å². The van der Waals surface area contributed by atoms with E-state index >= 15 is 0 Å². The first kappa shape index (κ1) is 27.1. The molecule has 0 radical (unpaired) electrons. The second kappa shape index (κ2) is 9.90. The van der Waals surface area contributed by atoms with Gasteiger partial charge < -0.3 is 19.9 Å². The zero-order valence-corrected chi connectivity index (χ0v) is 23.1. The summed E-state index contributed by atoms with van der Waals surface area (Å²) in [5, 5.41) is 24.4. The Labute approximate surface area is 227 Å². The minimum absolute atomic E-state index is 0.0176. The second-order valence-electron chi connectivity index (χ2n) is 10.9. The van der Waals surface area contributed by atoms with Crippen LogP contribution in [0.25, 0.3) is 0 Å². The van der Waals surface area contributed by atoms with Crippen molar-refractivity contribution in [3.8, 4) is 11.8 Å². The summed E-state index contributed by atoms with van der Waals surface area (Å²) in [6, 6.07) is 2.46. The van der Waals surface area contributed by atoms with Gasteiger partial charge in [-0.3, -0.25) is 24.2 Å². The number of allylic oxidation sites excluding steroid dienone is 2. The first-order valence-electron chi connectivity index (χ1n) is 13.1. The summed E-state index contributed by atoms with van der Waals surface area (Å²) < 4.78 is 11.4. The van der Waals surface area contributed by atoms with E-state index in [1.54, 1.807) is 7.11 Å². The lowest BCUT2D eigenvalue weighted by Gasteiger charge is -2.60. The van der Waals surface area contributed by atoms with Crippen molar-refractivity contribution in [2.45, 2.75) is 70.7 Å². The lowest BCUT2D eigenvalue weighted by molar-refractivity contribution is -0.134. The predicted molar refractivity (Wildman–Crippen MR) is 141 cm³/mol. The number of aliphatic hydroxyl groups is 1. The van der Waals surface area contributed by atoms with E-state index in [4.69, 9.17) is 9.47 Å². The number of rotatable bonds is 5. The van der Waals surface area contributed by atoms with Crippen LogP contribution in [0, 0.1) is 25.2 Å². The van der Waals surface area contributed by atoms with Crippen molar-refractivity contribution in [1.82, 2.24) is 15.1 Å². The molecule has 206 valence electrons. The number of nitriles is 1. The maximum atomic E-state index is 13.4. The van der Waals surface area contributed by atoms with Crippen molar-refractivity contribution in [2.24, 2.45) is 0 Å². The van der Waals surface area contributed by atoms with E-state index in [-0.39, 0.29) is 60.7 Å². The number of methoxy groups -OCH3 is 1. The molecule has 1 amide bonds. The summed E-state index contributed by atoms with van der Waals surface area (Å²) in [5.74, 6) is -1.19. The molecule has 39 heavy (non-hydrogen) atoms. The minimum atomic E-state index is -0.757. The van der Waals surface area contributed by atoms with E-state index in [1.165, 1.54) is 13.8 Å². The molecule has 2 unspecified atom stereocenters. The fraction of sp³-hybridized carbons (Fsp3) is 0.517. The van der Waals surface area contributed by atoms with Gasteiger partial charge in [0.2, 0.25) is 17.5 Å². The number of nitrogens with zero attached hydrogens (tertiary/aromatic N) is 3. The molecular weight excluding hydrogens is 500 g/mol. The number of aryl methyl sites for hydroxylation is 1. The molecule has 0 aromatic heterocycles. The van der Waals surface area contributed by atoms with Gasteiger partial charge in [0.25, 0.3) is 0 Å². The van der Waals surface area contributed by atoms with E-state index < -0.39 is 23.7 Å². The molecule has 1 aromatic carbocycles. The third-order valence-corrected chi connectivity index (χ3v) is 8.89. The van der Waals surface area contributed by atoms with E-state index in [9.17, 15) is 24.8 Å². The Hall–Kier alpha value is -3.52. The Morgan fingerprint density at radius 2 is 1.92 bits per heavy atom. The molecule has 1 fully saturated rings. The van der Waals surface area contributed by atoms with Gasteiger partial charge in [0.05, 0.1) is 18.2 Å². The summed E-state index contributed by atoms with van der Waals surface area (Å²) >= 11 is 0. The van der Waals surface area contributed by atoms with E-state index in [2.05, 4.69) is 22.4 Å². The zero-order valence-electron chi connectivity index (χ0n) is 23.1. The largest absolute Gasteiger partial charge is 0.507 e. The smallest absolute Gasteiger partial charge is 0.232 e. The third kappa shape index (κ3) is 3.99. The summed E-state index contributed by atoms with van der Waals surface area (Å²) in [7, 11) is 3.57. The molecule has 4 aliphatic rings. The molecule has 10 heteroatoms. The Kier molecular flexibility index (Phi) is 6.87. The number of ketones is 2. The molecule has 0 saturated carbocycles. The molecule has 5 rings (SSSR count). The highest BCUT2D eigenvalue weighted by atomic mass is 16.7. The van der Waals surface area contributed by atoms with Crippen molar-refractivity contribution in [1.29, 1.82) is 5.26 Å². The predicted octanol–water partition coefficient (Wildman–Crippen LogP) is 1.95. The van der Waals surface area contributed by atoms with Crippen molar-refractivity contribution in [3.05, 3.63) is 50.8 Å². The molecule has 3 aliphatic heterocycles. The first-order chi connectivity index (χ1) is 18.5. The number of carbonyl (C=O) groups is 3. The van der Waals surface area contributed by atoms with Crippen LogP contribution in [0.4, 0.5) is 0 Å². The molecule has 1 saturated heterocycles. The molecule has 2 bridgehead atoms. The summed E-state index contributed by atoms with van der Waals surface area (Å²) in [4.78, 5) is 42.4. The highest BCUT2D eigenvalue weighted by Gasteiger charge is 2.57. The van der Waals surface area contributed by atoms with Crippen LogP contribution in [-0.4, -0.2) is 84.0 Å². The maximum absolute atomic E-state index is 13.4. The number of piperazine rings is 1. The molecule has 5 atom stereocenters. The van der Waals surface area contributed by atoms with Gasteiger partial charge in [0.1, 0.15) is 17.6 Å². The zero-order chi connectivity index (χ0) is 28.3. The van der Waals surface area contributed by atoms with Crippen LogP contribution in [0.3, 0.4) is 0 Å². The molecule has 3 heterocycles. The fourth-order valence-electron chi connectivity index (χ4n) is 6.97. The molecular formula is C29H34N4O6. The Morgan fingerprint density at radius 1 is 1.21 bits per heavy atom. The van der Waals surface area contributed by atoms with Crippen LogP contribution in [0.2, 0.25) is 0 Å². The Balaban J connectivity index is 1.75. The van der Waals surface area contributed by atoms with Crippen molar-refractivity contribution in [2.75, 3.05) is 27.5 Å². The van der Waals surface area contributed by atoms with E-state index in [0.29, 0.717) is 12.0 Å². The summed E-state index contributed by atoms with van der Waals surface area (Å²) in [6.07, 6.45) is 0.841. The number of hydrogen-bond acceptors (Lipinski definition) is 9. The molecule has 0 spiro atoms. The molecule has 2 N–H and O–H groups in total. The van der Waals surface area contributed by atoms with Gasteiger partial charge in [0.15, 0.2) is 6.79 Å². The number of aliphatic hydroxyl groups excluding tert-OH is 1. The number of Topliss-reactive ketones (excluding diaryl/α,β-unsaturated/α-hetero) is 2. The average Bonchev–Trinajstić information content (AvgIpc) is 2.90. The van der Waals surface area contributed by atoms with Gasteiger partial charge in [-0.1, -0.05) is 6.07 Å². The van der Waals surface area contributed by atoms with Crippen molar-refractivity contribution in [3.63, 3.8) is 0 Å². The quantitative estimate of drug-likeness (QED) is 0.330. The summed E-state index contributed by atoms with van der Waals surface area (Å²) in [5.41, 5.74) is 4.78. The molecule has 1 aromatic rings. The van der Waals surface area contributed by atoms with Crippen LogP contribution >= 0.6 is 0 Å². The lowest BCUT2D eigenvalue weighted by atomic mass is 9.69. The van der Waals surface area contributed by atoms with Crippen molar-refractivity contribution < 1.29 is 29.0 Å². The Bertz CT molecular complexity index is 1390. The van der Waals surface area contributed by atoms with Gasteiger partial charge in [0, 0.05) is 54.9 Å². The number of carbonyl (C=O) groups excluding carboxylic acids is 3. The number of likely N-dealkylation sites (N-methyl/N-ethyl adjacent to an activating group) is 1. The minimum Gasteiger partial charge on any atom is -0.507 e. The second-order valence-corrected chi connectivity index (χ2v) is 10.9. The number of ether oxygens (including phenoxy) is 2. The monoisotopic (exact) mass is 534 g/mol. The summed E-state index contributed by atoms with van der Waals surface area (Å²) in [6.45, 7) is 6.99. The highest BCUT2D eigenvalue weighted by Crippen LogP contribution is 2.52. The topological polar surface area (TPSA) is 132 Å². The average molecular weight is 535 g/mol. The molecule has 1 aliphatic carbocycles. The number of benzene rings is 1. The maximum Gasteiger partial charge on any atom is 0.232 e. The van der Waals surface area contributed by atoms with Crippen LogP contribution in [0.15, 0.2) is 28.5 Å². The SMILES string of the molecule is COCOc1c(C)c(C)cc2c1C1C3CC4=C(C(=O)C(=O)C(C)=C4O)[C@H](CNC(C)=O)N3[C@@H](C#N)[C@H](C2)N1C. The van der Waals surface area contributed by atoms with Gasteiger partial charge in [-0.05, 0) is 57.4 Å². The lowest BCUT2D eigenvalue weighted by Crippen LogP contribution is -2.71. The van der Waals surface area contributed by atoms with Crippen molar-refractivity contribution >= 4 is 17.5 Å². The van der Waals surface area contributed by atoms with Gasteiger partial charge in [-0.25, -0.2) is 0 Å².